The predicted octanol–water partition coefficient (Wildman–Crippen LogP) is 3.34. The van der Waals surface area contributed by atoms with Crippen LogP contribution in [-0.4, -0.2) is 15.0 Å². The van der Waals surface area contributed by atoms with Crippen molar-refractivity contribution in [1.82, 2.24) is 9.13 Å². The van der Waals surface area contributed by atoms with Crippen molar-refractivity contribution in [3.05, 3.63) is 91.4 Å². The van der Waals surface area contributed by atoms with Crippen molar-refractivity contribution >= 4 is 33.1 Å². The standard InChI is InChI=1S/C23H18N4O3S/c1-14-8-15(2)10-18(9-14)27-22(29)21-19(6-7-31-21)26(23(27)30)13-20(28)25-17-5-3-4-16(11-17)12-24/h3-11H,13H2,1-2H3,(H,25,28). The highest BCUT2D eigenvalue weighted by Gasteiger charge is 2.18. The van der Waals surface area contributed by atoms with Gasteiger partial charge < -0.3 is 5.32 Å². The zero-order chi connectivity index (χ0) is 22.1. The number of fused-ring (bicyclic) bond motifs is 1. The van der Waals surface area contributed by atoms with Gasteiger partial charge in [0.1, 0.15) is 11.2 Å². The van der Waals surface area contributed by atoms with Crippen LogP contribution in [0.3, 0.4) is 0 Å². The number of aryl methyl sites for hydroxylation is 2. The Morgan fingerprint density at radius 1 is 1.10 bits per heavy atom. The van der Waals surface area contributed by atoms with E-state index in [4.69, 9.17) is 5.26 Å². The number of nitriles is 1. The smallest absolute Gasteiger partial charge is 0.324 e. The second-order valence-electron chi connectivity index (χ2n) is 7.23. The molecule has 31 heavy (non-hydrogen) atoms. The first-order valence-corrected chi connectivity index (χ1v) is 10.4. The van der Waals surface area contributed by atoms with Crippen LogP contribution in [0.15, 0.2) is 63.5 Å². The zero-order valence-corrected chi connectivity index (χ0v) is 17.7. The summed E-state index contributed by atoms with van der Waals surface area (Å²) in [6.45, 7) is 3.52. The van der Waals surface area contributed by atoms with Crippen molar-refractivity contribution < 1.29 is 4.79 Å². The number of rotatable bonds is 4. The highest BCUT2D eigenvalue weighted by Crippen LogP contribution is 2.18. The first-order chi connectivity index (χ1) is 14.9. The van der Waals surface area contributed by atoms with E-state index in [0.29, 0.717) is 27.2 Å². The molecule has 7 nitrogen and oxygen atoms in total. The molecule has 2 aromatic carbocycles. The van der Waals surface area contributed by atoms with E-state index in [-0.39, 0.29) is 6.54 Å². The van der Waals surface area contributed by atoms with E-state index in [1.165, 1.54) is 15.9 Å². The number of anilines is 1. The van der Waals surface area contributed by atoms with Gasteiger partial charge in [0.25, 0.3) is 5.56 Å². The molecule has 0 atom stereocenters. The molecule has 0 saturated carbocycles. The maximum atomic E-state index is 13.3. The van der Waals surface area contributed by atoms with Gasteiger partial charge in [0.15, 0.2) is 0 Å². The molecule has 2 aromatic heterocycles. The van der Waals surface area contributed by atoms with Crippen LogP contribution in [0.2, 0.25) is 0 Å². The summed E-state index contributed by atoms with van der Waals surface area (Å²) >= 11 is 1.23. The summed E-state index contributed by atoms with van der Waals surface area (Å²) in [7, 11) is 0. The average molecular weight is 430 g/mol. The van der Waals surface area contributed by atoms with Crippen LogP contribution in [0.25, 0.3) is 15.9 Å². The monoisotopic (exact) mass is 430 g/mol. The van der Waals surface area contributed by atoms with Crippen molar-refractivity contribution in [2.75, 3.05) is 5.32 Å². The van der Waals surface area contributed by atoms with Crippen molar-refractivity contribution in [2.45, 2.75) is 20.4 Å². The molecule has 1 N–H and O–H groups in total. The maximum absolute atomic E-state index is 13.3. The Morgan fingerprint density at radius 2 is 1.84 bits per heavy atom. The Morgan fingerprint density at radius 3 is 2.55 bits per heavy atom. The summed E-state index contributed by atoms with van der Waals surface area (Å²) in [5, 5.41) is 13.5. The highest BCUT2D eigenvalue weighted by atomic mass is 32.1. The third-order valence-corrected chi connectivity index (χ3v) is 5.69. The second-order valence-corrected chi connectivity index (χ2v) is 8.15. The molecule has 0 radical (unpaired) electrons. The number of benzene rings is 2. The van der Waals surface area contributed by atoms with E-state index in [1.807, 2.05) is 26.0 Å². The van der Waals surface area contributed by atoms with E-state index >= 15 is 0 Å². The third kappa shape index (κ3) is 3.91. The van der Waals surface area contributed by atoms with Gasteiger partial charge in [0.05, 0.1) is 22.8 Å². The molecule has 0 bridgehead atoms. The Hall–Kier alpha value is -3.96. The first-order valence-electron chi connectivity index (χ1n) is 9.49. The molecule has 0 aliphatic rings. The van der Waals surface area contributed by atoms with E-state index in [0.717, 1.165) is 15.7 Å². The van der Waals surface area contributed by atoms with Crippen LogP contribution in [0.5, 0.6) is 0 Å². The quantitative estimate of drug-likeness (QED) is 0.537. The van der Waals surface area contributed by atoms with Crippen molar-refractivity contribution in [3.8, 4) is 11.8 Å². The molecule has 154 valence electrons. The molecule has 0 aliphatic carbocycles. The average Bonchev–Trinajstić information content (AvgIpc) is 3.21. The van der Waals surface area contributed by atoms with E-state index < -0.39 is 17.2 Å². The Bertz CT molecular complexity index is 1470. The summed E-state index contributed by atoms with van der Waals surface area (Å²) in [5.74, 6) is -0.435. The lowest BCUT2D eigenvalue weighted by Crippen LogP contribution is -2.40. The van der Waals surface area contributed by atoms with Gasteiger partial charge in [0, 0.05) is 5.69 Å². The van der Waals surface area contributed by atoms with Gasteiger partial charge in [-0.15, -0.1) is 11.3 Å². The van der Waals surface area contributed by atoms with E-state index in [1.54, 1.807) is 47.8 Å². The Balaban J connectivity index is 1.80. The zero-order valence-electron chi connectivity index (χ0n) is 16.9. The molecule has 1 amide bonds. The number of carbonyl (C=O) groups is 1. The topological polar surface area (TPSA) is 96.9 Å². The molecule has 4 rings (SSSR count). The maximum Gasteiger partial charge on any atom is 0.336 e. The van der Waals surface area contributed by atoms with Gasteiger partial charge in [-0.05, 0) is 66.8 Å². The highest BCUT2D eigenvalue weighted by molar-refractivity contribution is 7.17. The Labute approximate surface area is 181 Å². The number of nitrogens with zero attached hydrogens (tertiary/aromatic N) is 3. The molecule has 4 aromatic rings. The minimum atomic E-state index is -0.582. The van der Waals surface area contributed by atoms with Crippen LogP contribution in [0.1, 0.15) is 16.7 Å². The number of hydrogen-bond acceptors (Lipinski definition) is 5. The minimum absolute atomic E-state index is 0.270. The predicted molar refractivity (Wildman–Crippen MR) is 121 cm³/mol. The third-order valence-electron chi connectivity index (χ3n) is 4.80. The number of thiophene rings is 1. The van der Waals surface area contributed by atoms with Gasteiger partial charge in [-0.1, -0.05) is 12.1 Å². The molecule has 0 saturated heterocycles. The summed E-state index contributed by atoms with van der Waals surface area (Å²) in [4.78, 5) is 39.1. The Kier molecular flexibility index (Phi) is 5.28. The summed E-state index contributed by atoms with van der Waals surface area (Å²) in [5.41, 5.74) is 2.63. The normalized spacial score (nSPS) is 10.7. The lowest BCUT2D eigenvalue weighted by molar-refractivity contribution is -0.116. The molecule has 8 heteroatoms. The van der Waals surface area contributed by atoms with E-state index in [9.17, 15) is 14.4 Å². The van der Waals surface area contributed by atoms with Crippen LogP contribution < -0.4 is 16.6 Å². The number of amides is 1. The SMILES string of the molecule is Cc1cc(C)cc(-n2c(=O)c3sccc3n(CC(=O)Nc3cccc(C#N)c3)c2=O)c1. The molecule has 0 spiro atoms. The molecule has 0 unspecified atom stereocenters. The van der Waals surface area contributed by atoms with Gasteiger partial charge >= 0.3 is 5.69 Å². The van der Waals surface area contributed by atoms with Crippen molar-refractivity contribution in [1.29, 1.82) is 5.26 Å². The van der Waals surface area contributed by atoms with E-state index in [2.05, 4.69) is 5.32 Å². The largest absolute Gasteiger partial charge is 0.336 e. The van der Waals surface area contributed by atoms with Crippen molar-refractivity contribution in [2.24, 2.45) is 0 Å². The number of hydrogen-bond donors (Lipinski definition) is 1. The number of carbonyl (C=O) groups excluding carboxylic acids is 1. The molecule has 2 heterocycles. The van der Waals surface area contributed by atoms with Gasteiger partial charge in [0.2, 0.25) is 5.91 Å². The summed E-state index contributed by atoms with van der Waals surface area (Å²) in [6.07, 6.45) is 0. The molecule has 0 fully saturated rings. The second kappa shape index (κ2) is 8.05. The lowest BCUT2D eigenvalue weighted by atomic mass is 10.1. The van der Waals surface area contributed by atoms with Crippen LogP contribution in [0.4, 0.5) is 5.69 Å². The molecular formula is C23H18N4O3S. The molecule has 0 aliphatic heterocycles. The van der Waals surface area contributed by atoms with Crippen LogP contribution >= 0.6 is 11.3 Å². The lowest BCUT2D eigenvalue weighted by Gasteiger charge is -2.13. The fourth-order valence-electron chi connectivity index (χ4n) is 3.56. The molecular weight excluding hydrogens is 412 g/mol. The fourth-order valence-corrected chi connectivity index (χ4v) is 4.38. The summed E-state index contributed by atoms with van der Waals surface area (Å²) < 4.78 is 2.81. The minimum Gasteiger partial charge on any atom is -0.324 e. The van der Waals surface area contributed by atoms with Crippen molar-refractivity contribution in [3.63, 3.8) is 0 Å². The van der Waals surface area contributed by atoms with Gasteiger partial charge in [-0.3, -0.25) is 14.2 Å². The van der Waals surface area contributed by atoms with Crippen LogP contribution in [-0.2, 0) is 11.3 Å². The van der Waals surface area contributed by atoms with Gasteiger partial charge in [-0.25, -0.2) is 9.36 Å². The number of nitrogens with one attached hydrogen (secondary N) is 1. The summed E-state index contributed by atoms with van der Waals surface area (Å²) in [6, 6.07) is 15.7. The number of aromatic nitrogens is 2. The first kappa shape index (κ1) is 20.3. The van der Waals surface area contributed by atoms with Crippen LogP contribution in [0, 0.1) is 25.2 Å². The van der Waals surface area contributed by atoms with Gasteiger partial charge in [-0.2, -0.15) is 5.26 Å². The fraction of sp³-hybridized carbons (Fsp3) is 0.130.